The van der Waals surface area contributed by atoms with Gasteiger partial charge in [-0.25, -0.2) is 14.0 Å². The summed E-state index contributed by atoms with van der Waals surface area (Å²) in [6, 6.07) is 9.19. The average molecular weight is 337 g/mol. The fraction of sp³-hybridized carbons (Fsp3) is 0.556. The third-order valence-electron chi connectivity index (χ3n) is 3.98. The molecule has 0 spiro atoms. The van der Waals surface area contributed by atoms with Crippen LogP contribution in [-0.4, -0.2) is 47.9 Å². The zero-order chi connectivity index (χ0) is 18.0. The monoisotopic (exact) mass is 337 g/mol. The summed E-state index contributed by atoms with van der Waals surface area (Å²) >= 11 is 0. The van der Waals surface area contributed by atoms with Crippen LogP contribution in [0.4, 0.5) is 9.18 Å². The van der Waals surface area contributed by atoms with Crippen molar-refractivity contribution in [3.05, 3.63) is 35.9 Å². The smallest absolute Gasteiger partial charge is 0.411 e. The second-order valence-corrected chi connectivity index (χ2v) is 7.08. The number of benzene rings is 1. The number of halogens is 1. The van der Waals surface area contributed by atoms with Crippen LogP contribution in [-0.2, 0) is 20.7 Å². The highest BCUT2D eigenvalue weighted by Crippen LogP contribution is 2.36. The van der Waals surface area contributed by atoms with Gasteiger partial charge in [0.05, 0.1) is 13.7 Å². The minimum atomic E-state index is -1.39. The zero-order valence-corrected chi connectivity index (χ0v) is 14.5. The minimum Gasteiger partial charge on any atom is -0.467 e. The first-order chi connectivity index (χ1) is 11.2. The van der Waals surface area contributed by atoms with Crippen molar-refractivity contribution in [2.24, 2.45) is 0 Å². The highest BCUT2D eigenvalue weighted by atomic mass is 19.1. The molecule has 0 saturated carbocycles. The molecule has 1 aromatic carbocycles. The lowest BCUT2D eigenvalue weighted by molar-refractivity contribution is -0.153. The lowest BCUT2D eigenvalue weighted by Gasteiger charge is -2.36. The highest BCUT2D eigenvalue weighted by molar-refractivity contribution is 5.87. The first-order valence-corrected chi connectivity index (χ1v) is 7.95. The number of esters is 1. The van der Waals surface area contributed by atoms with E-state index in [1.54, 1.807) is 20.8 Å². The Morgan fingerprint density at radius 3 is 2.46 bits per heavy atom. The molecule has 1 heterocycles. The van der Waals surface area contributed by atoms with Gasteiger partial charge in [-0.3, -0.25) is 4.90 Å². The van der Waals surface area contributed by atoms with Crippen LogP contribution < -0.4 is 0 Å². The molecule has 132 valence electrons. The van der Waals surface area contributed by atoms with Gasteiger partial charge in [0.2, 0.25) is 0 Å². The summed E-state index contributed by atoms with van der Waals surface area (Å²) in [7, 11) is 1.24. The molecule has 2 rings (SSSR count). The summed E-state index contributed by atoms with van der Waals surface area (Å²) in [5.74, 6) is -0.627. The molecule has 6 heteroatoms. The second kappa shape index (κ2) is 6.79. The van der Waals surface area contributed by atoms with Crippen molar-refractivity contribution in [1.29, 1.82) is 0 Å². The number of carbonyl (C=O) groups excluding carboxylic acids is 2. The number of rotatable bonds is 3. The summed E-state index contributed by atoms with van der Waals surface area (Å²) < 4.78 is 24.5. The van der Waals surface area contributed by atoms with Crippen molar-refractivity contribution in [1.82, 2.24) is 4.90 Å². The van der Waals surface area contributed by atoms with Crippen LogP contribution in [0.25, 0.3) is 0 Å². The van der Waals surface area contributed by atoms with E-state index in [0.29, 0.717) is 0 Å². The molecule has 0 radical (unpaired) electrons. The van der Waals surface area contributed by atoms with Crippen LogP contribution in [0.1, 0.15) is 32.8 Å². The molecule has 5 nitrogen and oxygen atoms in total. The van der Waals surface area contributed by atoms with Crippen LogP contribution in [0.15, 0.2) is 30.3 Å². The van der Waals surface area contributed by atoms with E-state index in [1.165, 1.54) is 12.0 Å². The van der Waals surface area contributed by atoms with Gasteiger partial charge < -0.3 is 9.47 Å². The number of nitrogens with zero attached hydrogens (tertiary/aromatic N) is 1. The molecule has 0 bridgehead atoms. The van der Waals surface area contributed by atoms with E-state index < -0.39 is 29.4 Å². The molecule has 1 saturated heterocycles. The summed E-state index contributed by atoms with van der Waals surface area (Å²) in [6.07, 6.45) is -1.93. The molecule has 1 fully saturated rings. The lowest BCUT2D eigenvalue weighted by Crippen LogP contribution is -2.56. The molecule has 1 aliphatic heterocycles. The fourth-order valence-corrected chi connectivity index (χ4v) is 3.04. The predicted octanol–water partition coefficient (Wildman–Crippen LogP) is 3.12. The maximum atomic E-state index is 14.2. The Balaban J connectivity index is 2.38. The van der Waals surface area contributed by atoms with Crippen LogP contribution in [0.5, 0.6) is 0 Å². The fourth-order valence-electron chi connectivity index (χ4n) is 3.04. The molecule has 24 heavy (non-hydrogen) atoms. The first kappa shape index (κ1) is 18.2. The van der Waals surface area contributed by atoms with Crippen molar-refractivity contribution in [3.63, 3.8) is 0 Å². The zero-order valence-electron chi connectivity index (χ0n) is 14.5. The topological polar surface area (TPSA) is 55.8 Å². The van der Waals surface area contributed by atoms with E-state index in [9.17, 15) is 14.0 Å². The standard InChI is InChI=1S/C18H24FNO4/c1-17(2,3)24-16(22)20-12-14(19)11-18(20,15(21)23-4)10-13-8-6-5-7-9-13/h5-9,14H,10-12H2,1-4H3/t14-,18+/m1/s1. The first-order valence-electron chi connectivity index (χ1n) is 7.95. The highest BCUT2D eigenvalue weighted by Gasteiger charge is 2.55. The van der Waals surface area contributed by atoms with Crippen LogP contribution >= 0.6 is 0 Å². The molecular formula is C18H24FNO4. The lowest BCUT2D eigenvalue weighted by atomic mass is 9.88. The molecule has 0 unspecified atom stereocenters. The van der Waals surface area contributed by atoms with Gasteiger partial charge >= 0.3 is 12.1 Å². The van der Waals surface area contributed by atoms with E-state index in [0.717, 1.165) is 5.56 Å². The second-order valence-electron chi connectivity index (χ2n) is 7.08. The molecular weight excluding hydrogens is 313 g/mol. The number of hydrogen-bond donors (Lipinski definition) is 0. The minimum absolute atomic E-state index is 0.103. The summed E-state index contributed by atoms with van der Waals surface area (Å²) in [6.45, 7) is 5.00. The van der Waals surface area contributed by atoms with Crippen molar-refractivity contribution < 1.29 is 23.5 Å². The molecule has 0 aliphatic carbocycles. The maximum Gasteiger partial charge on any atom is 0.411 e. The molecule has 0 aromatic heterocycles. The third kappa shape index (κ3) is 3.86. The Kier molecular flexibility index (Phi) is 5.16. The van der Waals surface area contributed by atoms with Crippen LogP contribution in [0, 0.1) is 0 Å². The van der Waals surface area contributed by atoms with Gasteiger partial charge in [-0.05, 0) is 26.3 Å². The van der Waals surface area contributed by atoms with Gasteiger partial charge in [0, 0.05) is 12.8 Å². The van der Waals surface area contributed by atoms with E-state index in [4.69, 9.17) is 9.47 Å². The van der Waals surface area contributed by atoms with E-state index >= 15 is 0 Å². The summed E-state index contributed by atoms with van der Waals surface area (Å²) in [4.78, 5) is 26.3. The Labute approximate surface area is 141 Å². The number of ether oxygens (including phenoxy) is 2. The Morgan fingerprint density at radius 2 is 1.92 bits per heavy atom. The average Bonchev–Trinajstić information content (AvgIpc) is 2.83. The number of carbonyl (C=O) groups is 2. The van der Waals surface area contributed by atoms with E-state index in [-0.39, 0.29) is 19.4 Å². The van der Waals surface area contributed by atoms with E-state index in [2.05, 4.69) is 0 Å². The van der Waals surface area contributed by atoms with Gasteiger partial charge in [-0.1, -0.05) is 30.3 Å². The number of likely N-dealkylation sites (tertiary alicyclic amines) is 1. The number of amides is 1. The van der Waals surface area contributed by atoms with Crippen LogP contribution in [0.3, 0.4) is 0 Å². The molecule has 2 atom stereocenters. The Hall–Kier alpha value is -2.11. The van der Waals surface area contributed by atoms with Gasteiger partial charge in [0.25, 0.3) is 0 Å². The number of alkyl halides is 1. The van der Waals surface area contributed by atoms with Crippen LogP contribution in [0.2, 0.25) is 0 Å². The van der Waals surface area contributed by atoms with Gasteiger partial charge in [0.1, 0.15) is 11.8 Å². The maximum absolute atomic E-state index is 14.2. The van der Waals surface area contributed by atoms with Gasteiger partial charge in [-0.15, -0.1) is 0 Å². The van der Waals surface area contributed by atoms with Crippen molar-refractivity contribution in [3.8, 4) is 0 Å². The van der Waals surface area contributed by atoms with Crippen molar-refractivity contribution in [2.45, 2.75) is 50.9 Å². The molecule has 1 aromatic rings. The van der Waals surface area contributed by atoms with Crippen molar-refractivity contribution >= 4 is 12.1 Å². The summed E-state index contributed by atoms with van der Waals surface area (Å²) in [5, 5.41) is 0. The van der Waals surface area contributed by atoms with Crippen molar-refractivity contribution in [2.75, 3.05) is 13.7 Å². The molecule has 0 N–H and O–H groups in total. The Morgan fingerprint density at radius 1 is 1.29 bits per heavy atom. The third-order valence-corrected chi connectivity index (χ3v) is 3.98. The molecule has 1 amide bonds. The Bertz CT molecular complexity index is 599. The molecule has 1 aliphatic rings. The SMILES string of the molecule is COC(=O)[C@]1(Cc2ccccc2)C[C@@H](F)CN1C(=O)OC(C)(C)C. The largest absolute Gasteiger partial charge is 0.467 e. The summed E-state index contributed by atoms with van der Waals surface area (Å²) in [5.41, 5.74) is -1.30. The predicted molar refractivity (Wildman–Crippen MR) is 87.3 cm³/mol. The van der Waals surface area contributed by atoms with E-state index in [1.807, 2.05) is 30.3 Å². The normalized spacial score (nSPS) is 23.9. The number of hydrogen-bond acceptors (Lipinski definition) is 4. The number of methoxy groups -OCH3 is 1. The van der Waals surface area contributed by atoms with Gasteiger partial charge in [-0.2, -0.15) is 0 Å². The quantitative estimate of drug-likeness (QED) is 0.795. The van der Waals surface area contributed by atoms with Gasteiger partial charge in [0.15, 0.2) is 5.54 Å².